The lowest BCUT2D eigenvalue weighted by atomic mass is 10.1. The number of anilines is 1. The van der Waals surface area contributed by atoms with Crippen LogP contribution in [0.4, 0.5) is 5.69 Å². The molecule has 0 saturated carbocycles. The zero-order valence-electron chi connectivity index (χ0n) is 15.8. The zero-order valence-corrected chi connectivity index (χ0v) is 17.4. The van der Waals surface area contributed by atoms with E-state index in [0.717, 1.165) is 5.56 Å². The van der Waals surface area contributed by atoms with Crippen LogP contribution < -0.4 is 4.90 Å². The molecule has 0 N–H and O–H groups in total. The van der Waals surface area contributed by atoms with Gasteiger partial charge in [0.15, 0.2) is 20.8 Å². The summed E-state index contributed by atoms with van der Waals surface area (Å²) >= 11 is 1.33. The molecule has 2 saturated heterocycles. The molecular weight excluding hydrogens is 408 g/mol. The standard InChI is InChI=1S/C21H20N2O4S2/c1-14(24)16-8-5-9-17(11-16)23-18-12-29(26,27)13-19(18)28-21(23)22-20(25)10-15-6-3-2-4-7-15/h2-9,11,18-19H,10,12-13H2,1H3. The lowest BCUT2D eigenvalue weighted by Crippen LogP contribution is -2.37. The van der Waals surface area contributed by atoms with Crippen LogP contribution in [0.15, 0.2) is 59.6 Å². The van der Waals surface area contributed by atoms with Gasteiger partial charge in [0.05, 0.1) is 24.0 Å². The lowest BCUT2D eigenvalue weighted by molar-refractivity contribution is -0.117. The summed E-state index contributed by atoms with van der Waals surface area (Å²) in [7, 11) is -3.14. The van der Waals surface area contributed by atoms with Crippen molar-refractivity contribution in [3.05, 3.63) is 65.7 Å². The van der Waals surface area contributed by atoms with Gasteiger partial charge in [-0.1, -0.05) is 54.2 Å². The molecule has 0 aromatic heterocycles. The van der Waals surface area contributed by atoms with Gasteiger partial charge in [-0.25, -0.2) is 8.42 Å². The van der Waals surface area contributed by atoms with Crippen molar-refractivity contribution in [2.45, 2.75) is 24.6 Å². The Bertz CT molecular complexity index is 1100. The number of aliphatic imine (C=N–C) groups is 1. The molecule has 29 heavy (non-hydrogen) atoms. The Morgan fingerprint density at radius 1 is 1.10 bits per heavy atom. The van der Waals surface area contributed by atoms with Gasteiger partial charge in [0.1, 0.15) is 0 Å². The topological polar surface area (TPSA) is 83.9 Å². The lowest BCUT2D eigenvalue weighted by Gasteiger charge is -2.24. The van der Waals surface area contributed by atoms with E-state index in [-0.39, 0.29) is 40.9 Å². The van der Waals surface area contributed by atoms with Crippen molar-refractivity contribution in [1.82, 2.24) is 0 Å². The van der Waals surface area contributed by atoms with Gasteiger partial charge in [-0.3, -0.25) is 9.59 Å². The summed E-state index contributed by atoms with van der Waals surface area (Å²) in [6.07, 6.45) is 0.180. The molecule has 4 rings (SSSR count). The van der Waals surface area contributed by atoms with Crippen LogP contribution in [0.2, 0.25) is 0 Å². The number of sulfone groups is 1. The average Bonchev–Trinajstić information content (AvgIpc) is 3.13. The monoisotopic (exact) mass is 428 g/mol. The van der Waals surface area contributed by atoms with E-state index in [9.17, 15) is 18.0 Å². The third kappa shape index (κ3) is 4.28. The molecule has 2 heterocycles. The van der Waals surface area contributed by atoms with Gasteiger partial charge < -0.3 is 4.90 Å². The van der Waals surface area contributed by atoms with Crippen LogP contribution >= 0.6 is 11.8 Å². The molecule has 2 aliphatic heterocycles. The summed E-state index contributed by atoms with van der Waals surface area (Å²) < 4.78 is 24.3. The Kier molecular flexibility index (Phi) is 5.31. The number of hydrogen-bond donors (Lipinski definition) is 0. The quantitative estimate of drug-likeness (QED) is 0.697. The number of carbonyl (C=O) groups is 2. The number of benzene rings is 2. The summed E-state index contributed by atoms with van der Waals surface area (Å²) in [5.74, 6) is -0.278. The second-order valence-corrected chi connectivity index (χ2v) is 10.6. The summed E-state index contributed by atoms with van der Waals surface area (Å²) in [6, 6.07) is 16.1. The summed E-state index contributed by atoms with van der Waals surface area (Å²) in [6.45, 7) is 1.49. The van der Waals surface area contributed by atoms with Crippen molar-refractivity contribution in [2.75, 3.05) is 16.4 Å². The Labute approximate surface area is 173 Å². The van der Waals surface area contributed by atoms with Gasteiger partial charge in [-0.05, 0) is 24.6 Å². The second-order valence-electron chi connectivity index (χ2n) is 7.23. The molecular formula is C21H20N2O4S2. The normalized spacial score (nSPS) is 23.9. The van der Waals surface area contributed by atoms with Crippen LogP contribution in [0.25, 0.3) is 0 Å². The zero-order chi connectivity index (χ0) is 20.6. The largest absolute Gasteiger partial charge is 0.316 e. The number of ketones is 1. The molecule has 0 bridgehead atoms. The minimum absolute atomic E-state index is 0.0147. The highest BCUT2D eigenvalue weighted by Gasteiger charge is 2.49. The fourth-order valence-electron chi connectivity index (χ4n) is 3.66. The molecule has 2 aromatic rings. The van der Waals surface area contributed by atoms with Crippen molar-refractivity contribution in [3.63, 3.8) is 0 Å². The predicted octanol–water partition coefficient (Wildman–Crippen LogP) is 2.73. The first kappa shape index (κ1) is 19.8. The highest BCUT2D eigenvalue weighted by atomic mass is 32.2. The molecule has 2 aliphatic rings. The fraction of sp³-hybridized carbons (Fsp3) is 0.286. The van der Waals surface area contributed by atoms with E-state index in [1.165, 1.54) is 18.7 Å². The molecule has 2 unspecified atom stereocenters. The van der Waals surface area contributed by atoms with Crippen molar-refractivity contribution < 1.29 is 18.0 Å². The molecule has 8 heteroatoms. The minimum atomic E-state index is -3.14. The Morgan fingerprint density at radius 2 is 1.86 bits per heavy atom. The van der Waals surface area contributed by atoms with Crippen LogP contribution in [0.3, 0.4) is 0 Å². The van der Waals surface area contributed by atoms with Crippen molar-refractivity contribution in [2.24, 2.45) is 4.99 Å². The van der Waals surface area contributed by atoms with Crippen LogP contribution in [-0.4, -0.2) is 48.1 Å². The van der Waals surface area contributed by atoms with Gasteiger partial charge in [-0.15, -0.1) is 0 Å². The Morgan fingerprint density at radius 3 is 2.59 bits per heavy atom. The summed E-state index contributed by atoms with van der Waals surface area (Å²) in [5, 5.41) is 0.320. The number of amidine groups is 1. The number of hydrogen-bond acceptors (Lipinski definition) is 5. The van der Waals surface area contributed by atoms with Gasteiger partial charge in [0.25, 0.3) is 5.91 Å². The Hall–Kier alpha value is -2.45. The maximum atomic E-state index is 12.6. The summed E-state index contributed by atoms with van der Waals surface area (Å²) in [4.78, 5) is 30.5. The number of amides is 1. The molecule has 6 nitrogen and oxygen atoms in total. The molecule has 2 aromatic carbocycles. The second kappa shape index (κ2) is 7.76. The maximum absolute atomic E-state index is 12.6. The van der Waals surface area contributed by atoms with E-state index in [2.05, 4.69) is 4.99 Å². The van der Waals surface area contributed by atoms with Crippen LogP contribution in [0, 0.1) is 0 Å². The fourth-order valence-corrected chi connectivity index (χ4v) is 7.59. The van der Waals surface area contributed by atoms with Crippen LogP contribution in [0.5, 0.6) is 0 Å². The van der Waals surface area contributed by atoms with Crippen molar-refractivity contribution in [3.8, 4) is 0 Å². The first-order valence-corrected chi connectivity index (χ1v) is 12.0. The van der Waals surface area contributed by atoms with E-state index >= 15 is 0 Å². The highest BCUT2D eigenvalue weighted by Crippen LogP contribution is 2.41. The molecule has 2 atom stereocenters. The summed E-state index contributed by atoms with van der Waals surface area (Å²) in [5.41, 5.74) is 2.09. The number of Topliss-reactive ketones (excluding diaryl/α,β-unsaturated/α-hetero) is 1. The third-order valence-electron chi connectivity index (χ3n) is 5.02. The molecule has 0 spiro atoms. The van der Waals surface area contributed by atoms with Crippen LogP contribution in [0.1, 0.15) is 22.8 Å². The van der Waals surface area contributed by atoms with Gasteiger partial charge in [0, 0.05) is 16.5 Å². The van der Waals surface area contributed by atoms with Gasteiger partial charge >= 0.3 is 0 Å². The highest BCUT2D eigenvalue weighted by molar-refractivity contribution is 8.16. The Balaban J connectivity index is 1.68. The average molecular weight is 429 g/mol. The molecule has 150 valence electrons. The van der Waals surface area contributed by atoms with E-state index in [1.54, 1.807) is 18.2 Å². The van der Waals surface area contributed by atoms with E-state index in [1.807, 2.05) is 41.3 Å². The number of thioether (sulfide) groups is 1. The van der Waals surface area contributed by atoms with Crippen molar-refractivity contribution in [1.29, 1.82) is 0 Å². The van der Waals surface area contributed by atoms with E-state index in [0.29, 0.717) is 16.4 Å². The van der Waals surface area contributed by atoms with E-state index in [4.69, 9.17) is 0 Å². The van der Waals surface area contributed by atoms with E-state index < -0.39 is 9.84 Å². The van der Waals surface area contributed by atoms with Crippen LogP contribution in [-0.2, 0) is 21.1 Å². The minimum Gasteiger partial charge on any atom is -0.316 e. The molecule has 2 fully saturated rings. The molecule has 0 aliphatic carbocycles. The first-order chi connectivity index (χ1) is 13.8. The number of nitrogens with zero attached hydrogens (tertiary/aromatic N) is 2. The molecule has 1 amide bonds. The smallest absolute Gasteiger partial charge is 0.252 e. The number of rotatable bonds is 4. The van der Waals surface area contributed by atoms with Gasteiger partial charge in [-0.2, -0.15) is 4.99 Å². The number of fused-ring (bicyclic) bond motifs is 1. The van der Waals surface area contributed by atoms with Crippen molar-refractivity contribution >= 4 is 44.1 Å². The molecule has 0 radical (unpaired) electrons. The SMILES string of the molecule is CC(=O)c1cccc(N2C(=NC(=O)Cc3ccccc3)SC3CS(=O)(=O)CC32)c1. The number of carbonyl (C=O) groups excluding carboxylic acids is 2. The predicted molar refractivity (Wildman–Crippen MR) is 115 cm³/mol. The van der Waals surface area contributed by atoms with Gasteiger partial charge in [0.2, 0.25) is 0 Å². The third-order valence-corrected chi connectivity index (χ3v) is 8.23. The maximum Gasteiger partial charge on any atom is 0.252 e. The first-order valence-electron chi connectivity index (χ1n) is 9.25.